The second-order valence-electron chi connectivity index (χ2n) is 8.03. The number of hydrogen-bond acceptors (Lipinski definition) is 4. The zero-order valence-electron chi connectivity index (χ0n) is 17.0. The number of hydrogen-bond donors (Lipinski definition) is 0. The number of carbonyl (C=O) groups excluding carboxylic acids is 2. The van der Waals surface area contributed by atoms with Gasteiger partial charge in [0.2, 0.25) is 0 Å². The molecule has 150 valence electrons. The fourth-order valence-electron chi connectivity index (χ4n) is 3.14. The van der Waals surface area contributed by atoms with Crippen molar-refractivity contribution in [2.75, 3.05) is 26.2 Å². The van der Waals surface area contributed by atoms with Crippen LogP contribution in [0.25, 0.3) is 11.1 Å². The quantitative estimate of drug-likeness (QED) is 0.778. The van der Waals surface area contributed by atoms with Crippen molar-refractivity contribution < 1.29 is 14.3 Å². The molecule has 0 N–H and O–H groups in total. The van der Waals surface area contributed by atoms with Crippen molar-refractivity contribution in [2.24, 2.45) is 0 Å². The molecule has 6 nitrogen and oxygen atoms in total. The maximum absolute atomic E-state index is 12.8. The van der Waals surface area contributed by atoms with E-state index in [2.05, 4.69) is 6.07 Å². The Balaban J connectivity index is 1.60. The SMILES string of the molecule is CC(C)(C)OC(=O)N1CCN(C(=O)c2ccc(-c3ccc(C#N)cc3)cc2)CC1. The zero-order valence-corrected chi connectivity index (χ0v) is 17.0. The molecule has 3 rings (SSSR count). The molecule has 0 radical (unpaired) electrons. The zero-order chi connectivity index (χ0) is 21.0. The van der Waals surface area contributed by atoms with Crippen LogP contribution in [0.3, 0.4) is 0 Å². The standard InChI is InChI=1S/C23H25N3O3/c1-23(2,3)29-22(28)26-14-12-25(13-15-26)21(27)20-10-8-19(9-11-20)18-6-4-17(16-24)5-7-18/h4-11H,12-15H2,1-3H3. The molecule has 29 heavy (non-hydrogen) atoms. The maximum atomic E-state index is 12.8. The van der Waals surface area contributed by atoms with Gasteiger partial charge in [0.1, 0.15) is 5.60 Å². The number of carbonyl (C=O) groups is 2. The van der Waals surface area contributed by atoms with Gasteiger partial charge in [0.05, 0.1) is 11.6 Å². The molecule has 2 aromatic rings. The minimum Gasteiger partial charge on any atom is -0.444 e. The van der Waals surface area contributed by atoms with Crippen LogP contribution >= 0.6 is 0 Å². The lowest BCUT2D eigenvalue weighted by molar-refractivity contribution is 0.0141. The predicted molar refractivity (Wildman–Crippen MR) is 110 cm³/mol. The van der Waals surface area contributed by atoms with Gasteiger partial charge in [-0.2, -0.15) is 5.26 Å². The largest absolute Gasteiger partial charge is 0.444 e. The van der Waals surface area contributed by atoms with Crippen LogP contribution in [0.2, 0.25) is 0 Å². The van der Waals surface area contributed by atoms with Gasteiger partial charge in [-0.15, -0.1) is 0 Å². The fraction of sp³-hybridized carbons (Fsp3) is 0.348. The molecule has 1 aliphatic heterocycles. The van der Waals surface area contributed by atoms with E-state index in [4.69, 9.17) is 10.00 Å². The molecule has 1 saturated heterocycles. The fourth-order valence-corrected chi connectivity index (χ4v) is 3.14. The molecule has 0 atom stereocenters. The van der Waals surface area contributed by atoms with Crippen LogP contribution in [0.4, 0.5) is 4.79 Å². The first-order chi connectivity index (χ1) is 13.8. The van der Waals surface area contributed by atoms with Gasteiger partial charge in [0.25, 0.3) is 5.91 Å². The number of rotatable bonds is 2. The highest BCUT2D eigenvalue weighted by Gasteiger charge is 2.28. The summed E-state index contributed by atoms with van der Waals surface area (Å²) in [5.41, 5.74) is 2.69. The van der Waals surface area contributed by atoms with E-state index in [1.54, 1.807) is 21.9 Å². The van der Waals surface area contributed by atoms with Crippen molar-refractivity contribution >= 4 is 12.0 Å². The summed E-state index contributed by atoms with van der Waals surface area (Å²) in [6, 6.07) is 16.9. The number of piperazine rings is 1. The maximum Gasteiger partial charge on any atom is 0.410 e. The van der Waals surface area contributed by atoms with Gasteiger partial charge in [0.15, 0.2) is 0 Å². The van der Waals surface area contributed by atoms with Crippen LogP contribution in [-0.2, 0) is 4.74 Å². The summed E-state index contributed by atoms with van der Waals surface area (Å²) in [5.74, 6) is -0.0415. The van der Waals surface area contributed by atoms with E-state index in [0.717, 1.165) is 11.1 Å². The Kier molecular flexibility index (Phi) is 5.88. The highest BCUT2D eigenvalue weighted by molar-refractivity contribution is 5.95. The van der Waals surface area contributed by atoms with Gasteiger partial charge in [-0.25, -0.2) is 4.79 Å². The minimum atomic E-state index is -0.527. The van der Waals surface area contributed by atoms with Crippen molar-refractivity contribution in [1.82, 2.24) is 9.80 Å². The van der Waals surface area contributed by atoms with Crippen molar-refractivity contribution in [3.05, 3.63) is 59.7 Å². The number of benzene rings is 2. The third-order valence-corrected chi connectivity index (χ3v) is 4.70. The Hall–Kier alpha value is -3.33. The first kappa shape index (κ1) is 20.4. The second kappa shape index (κ2) is 8.36. The van der Waals surface area contributed by atoms with Crippen molar-refractivity contribution in [3.63, 3.8) is 0 Å². The second-order valence-corrected chi connectivity index (χ2v) is 8.03. The molecule has 0 saturated carbocycles. The summed E-state index contributed by atoms with van der Waals surface area (Å²) >= 11 is 0. The van der Waals surface area contributed by atoms with E-state index in [1.807, 2.05) is 57.2 Å². The Morgan fingerprint density at radius 2 is 1.34 bits per heavy atom. The lowest BCUT2D eigenvalue weighted by Crippen LogP contribution is -2.51. The van der Waals surface area contributed by atoms with Gasteiger partial charge in [0, 0.05) is 31.7 Å². The van der Waals surface area contributed by atoms with E-state index in [0.29, 0.717) is 37.3 Å². The monoisotopic (exact) mass is 391 g/mol. The van der Waals surface area contributed by atoms with Crippen molar-refractivity contribution in [3.8, 4) is 17.2 Å². The Bertz CT molecular complexity index is 914. The summed E-state index contributed by atoms with van der Waals surface area (Å²) in [6.45, 7) is 7.41. The molecule has 2 aromatic carbocycles. The van der Waals surface area contributed by atoms with Crippen LogP contribution in [0.15, 0.2) is 48.5 Å². The first-order valence-electron chi connectivity index (χ1n) is 9.64. The average Bonchev–Trinajstić information content (AvgIpc) is 2.72. The van der Waals surface area contributed by atoms with Gasteiger partial charge < -0.3 is 14.5 Å². The van der Waals surface area contributed by atoms with Gasteiger partial charge in [-0.05, 0) is 56.2 Å². The van der Waals surface area contributed by atoms with Crippen LogP contribution in [0.1, 0.15) is 36.7 Å². The van der Waals surface area contributed by atoms with E-state index >= 15 is 0 Å². The number of ether oxygens (including phenoxy) is 1. The van der Waals surface area contributed by atoms with E-state index in [1.165, 1.54) is 0 Å². The number of nitrogens with zero attached hydrogens (tertiary/aromatic N) is 3. The van der Waals surface area contributed by atoms with Crippen LogP contribution in [0, 0.1) is 11.3 Å². The van der Waals surface area contributed by atoms with E-state index in [-0.39, 0.29) is 12.0 Å². The summed E-state index contributed by atoms with van der Waals surface area (Å²) in [5, 5.41) is 8.90. The first-order valence-corrected chi connectivity index (χ1v) is 9.64. The van der Waals surface area contributed by atoms with Crippen LogP contribution in [0.5, 0.6) is 0 Å². The van der Waals surface area contributed by atoms with E-state index < -0.39 is 5.60 Å². The van der Waals surface area contributed by atoms with E-state index in [9.17, 15) is 9.59 Å². The Labute approximate surface area is 171 Å². The summed E-state index contributed by atoms with van der Waals surface area (Å²) in [6.07, 6.45) is -0.337. The highest BCUT2D eigenvalue weighted by atomic mass is 16.6. The molecule has 0 spiro atoms. The van der Waals surface area contributed by atoms with Gasteiger partial charge >= 0.3 is 6.09 Å². The average molecular weight is 391 g/mol. The highest BCUT2D eigenvalue weighted by Crippen LogP contribution is 2.21. The molecule has 1 heterocycles. The lowest BCUT2D eigenvalue weighted by atomic mass is 10.0. The molecular formula is C23H25N3O3. The molecule has 6 heteroatoms. The third-order valence-electron chi connectivity index (χ3n) is 4.70. The smallest absolute Gasteiger partial charge is 0.410 e. The molecule has 2 amide bonds. The molecule has 0 aromatic heterocycles. The number of nitriles is 1. The molecule has 0 bridgehead atoms. The topological polar surface area (TPSA) is 73.6 Å². The summed E-state index contributed by atoms with van der Waals surface area (Å²) in [4.78, 5) is 28.4. The molecular weight excluding hydrogens is 366 g/mol. The third kappa shape index (κ3) is 5.14. The summed E-state index contributed by atoms with van der Waals surface area (Å²) < 4.78 is 5.39. The molecule has 0 unspecified atom stereocenters. The van der Waals surface area contributed by atoms with Gasteiger partial charge in [-0.3, -0.25) is 4.79 Å². The Morgan fingerprint density at radius 1 is 0.862 bits per heavy atom. The molecule has 1 aliphatic rings. The lowest BCUT2D eigenvalue weighted by Gasteiger charge is -2.35. The normalized spacial score (nSPS) is 14.3. The molecule has 1 fully saturated rings. The number of amides is 2. The van der Waals surface area contributed by atoms with Gasteiger partial charge in [-0.1, -0.05) is 24.3 Å². The van der Waals surface area contributed by atoms with Crippen LogP contribution < -0.4 is 0 Å². The van der Waals surface area contributed by atoms with Crippen molar-refractivity contribution in [1.29, 1.82) is 5.26 Å². The Morgan fingerprint density at radius 3 is 1.83 bits per heavy atom. The predicted octanol–water partition coefficient (Wildman–Crippen LogP) is 3.92. The molecule has 0 aliphatic carbocycles. The van der Waals surface area contributed by atoms with Crippen molar-refractivity contribution in [2.45, 2.75) is 26.4 Å². The van der Waals surface area contributed by atoms with Crippen LogP contribution in [-0.4, -0.2) is 53.6 Å². The summed E-state index contributed by atoms with van der Waals surface area (Å²) in [7, 11) is 0. The minimum absolute atomic E-state index is 0.0415.